The fourth-order valence-electron chi connectivity index (χ4n) is 3.13. The van der Waals surface area contributed by atoms with Crippen molar-refractivity contribution in [1.29, 1.82) is 0 Å². The molecule has 0 saturated heterocycles. The number of hydrogen-bond acceptors (Lipinski definition) is 5. The molecule has 4 rings (SSSR count). The molecule has 0 radical (unpaired) electrons. The lowest BCUT2D eigenvalue weighted by atomic mass is 10.1. The van der Waals surface area contributed by atoms with E-state index in [4.69, 9.17) is 9.47 Å². The molecule has 0 bridgehead atoms. The summed E-state index contributed by atoms with van der Waals surface area (Å²) in [6, 6.07) is 25.1. The molecule has 1 N–H and O–H groups in total. The van der Waals surface area contributed by atoms with E-state index in [9.17, 15) is 4.79 Å². The van der Waals surface area contributed by atoms with E-state index in [-0.39, 0.29) is 5.91 Å². The molecule has 1 amide bonds. The van der Waals surface area contributed by atoms with Gasteiger partial charge in [0.15, 0.2) is 6.10 Å². The second-order valence-electron chi connectivity index (χ2n) is 7.17. The quantitative estimate of drug-likeness (QED) is 0.427. The molecule has 0 spiro atoms. The average molecular weight is 428 g/mol. The van der Waals surface area contributed by atoms with E-state index < -0.39 is 6.10 Å². The van der Waals surface area contributed by atoms with Gasteiger partial charge in [0.05, 0.1) is 6.54 Å². The Morgan fingerprint density at radius 2 is 1.75 bits per heavy atom. The van der Waals surface area contributed by atoms with E-state index in [1.54, 1.807) is 24.0 Å². The molecule has 1 atom stereocenters. The standard InChI is InChI=1S/C25H24N4O3/c1-19(32-23-12-10-21(11-13-23)20-6-3-2-4-7-20)25(30)28-22-8-5-9-24(16-22)31-15-14-29-18-26-17-27-29/h2-13,16-19H,14-15H2,1H3,(H,28,30). The van der Waals surface area contributed by atoms with Gasteiger partial charge in [-0.3, -0.25) is 4.79 Å². The van der Waals surface area contributed by atoms with Crippen LogP contribution in [0.2, 0.25) is 0 Å². The molecule has 162 valence electrons. The fraction of sp³-hybridized carbons (Fsp3) is 0.160. The lowest BCUT2D eigenvalue weighted by molar-refractivity contribution is -0.122. The Labute approximate surface area is 186 Å². The van der Waals surface area contributed by atoms with Crippen molar-refractivity contribution in [1.82, 2.24) is 14.8 Å². The van der Waals surface area contributed by atoms with Gasteiger partial charge < -0.3 is 14.8 Å². The SMILES string of the molecule is CC(Oc1ccc(-c2ccccc2)cc1)C(=O)Nc1cccc(OCCn2cncn2)c1. The second kappa shape index (κ2) is 10.3. The van der Waals surface area contributed by atoms with Gasteiger partial charge in [0, 0.05) is 11.8 Å². The highest BCUT2D eigenvalue weighted by molar-refractivity contribution is 5.94. The molecule has 1 unspecified atom stereocenters. The molecule has 0 saturated carbocycles. The molecular weight excluding hydrogens is 404 g/mol. The van der Waals surface area contributed by atoms with E-state index in [0.29, 0.717) is 30.3 Å². The van der Waals surface area contributed by atoms with Crippen LogP contribution in [0.1, 0.15) is 6.92 Å². The van der Waals surface area contributed by atoms with E-state index in [0.717, 1.165) is 11.1 Å². The summed E-state index contributed by atoms with van der Waals surface area (Å²) in [5.74, 6) is 1.06. The van der Waals surface area contributed by atoms with Gasteiger partial charge in [-0.1, -0.05) is 48.5 Å². The Hall–Kier alpha value is -4.13. The maximum atomic E-state index is 12.6. The third-order valence-electron chi connectivity index (χ3n) is 4.80. The zero-order valence-corrected chi connectivity index (χ0v) is 17.7. The van der Waals surface area contributed by atoms with Crippen LogP contribution in [0.3, 0.4) is 0 Å². The third-order valence-corrected chi connectivity index (χ3v) is 4.80. The highest BCUT2D eigenvalue weighted by Gasteiger charge is 2.15. The number of anilines is 1. The van der Waals surface area contributed by atoms with Gasteiger partial charge in [0.25, 0.3) is 5.91 Å². The fourth-order valence-corrected chi connectivity index (χ4v) is 3.13. The molecule has 0 aliphatic carbocycles. The van der Waals surface area contributed by atoms with Crippen LogP contribution < -0.4 is 14.8 Å². The zero-order valence-electron chi connectivity index (χ0n) is 17.7. The Bertz CT molecular complexity index is 1130. The van der Waals surface area contributed by atoms with Crippen LogP contribution >= 0.6 is 0 Å². The molecule has 7 heteroatoms. The highest BCUT2D eigenvalue weighted by atomic mass is 16.5. The first-order valence-corrected chi connectivity index (χ1v) is 10.4. The van der Waals surface area contributed by atoms with Crippen molar-refractivity contribution in [3.63, 3.8) is 0 Å². The van der Waals surface area contributed by atoms with Gasteiger partial charge in [-0.15, -0.1) is 0 Å². The number of nitrogens with one attached hydrogen (secondary N) is 1. The summed E-state index contributed by atoms with van der Waals surface area (Å²) < 4.78 is 13.2. The number of carbonyl (C=O) groups is 1. The average Bonchev–Trinajstić information content (AvgIpc) is 3.34. The number of rotatable bonds is 9. The second-order valence-corrected chi connectivity index (χ2v) is 7.17. The first-order valence-electron chi connectivity index (χ1n) is 10.4. The minimum atomic E-state index is -0.658. The lowest BCUT2D eigenvalue weighted by Gasteiger charge is -2.15. The van der Waals surface area contributed by atoms with Crippen LogP contribution in [0.25, 0.3) is 11.1 Å². The molecule has 7 nitrogen and oxygen atoms in total. The van der Waals surface area contributed by atoms with Crippen molar-refractivity contribution in [3.05, 3.63) is 91.5 Å². The number of carbonyl (C=O) groups excluding carboxylic acids is 1. The number of hydrogen-bond donors (Lipinski definition) is 1. The van der Waals surface area contributed by atoms with Gasteiger partial charge in [-0.25, -0.2) is 9.67 Å². The van der Waals surface area contributed by atoms with Gasteiger partial charge in [-0.05, 0) is 42.3 Å². The maximum absolute atomic E-state index is 12.6. The minimum Gasteiger partial charge on any atom is -0.492 e. The van der Waals surface area contributed by atoms with Gasteiger partial charge >= 0.3 is 0 Å². The Morgan fingerprint density at radius 1 is 0.969 bits per heavy atom. The van der Waals surface area contributed by atoms with Crippen molar-refractivity contribution < 1.29 is 14.3 Å². The molecule has 1 heterocycles. The van der Waals surface area contributed by atoms with Gasteiger partial charge in [0.2, 0.25) is 0 Å². The van der Waals surface area contributed by atoms with E-state index in [2.05, 4.69) is 27.5 Å². The molecule has 32 heavy (non-hydrogen) atoms. The summed E-state index contributed by atoms with van der Waals surface area (Å²) in [5, 5.41) is 6.90. The van der Waals surface area contributed by atoms with Crippen molar-refractivity contribution in [2.24, 2.45) is 0 Å². The monoisotopic (exact) mass is 428 g/mol. The molecule has 0 aliphatic rings. The van der Waals surface area contributed by atoms with Crippen molar-refractivity contribution in [2.45, 2.75) is 19.6 Å². The van der Waals surface area contributed by atoms with Crippen molar-refractivity contribution in [3.8, 4) is 22.6 Å². The van der Waals surface area contributed by atoms with Gasteiger partial charge in [0.1, 0.15) is 30.8 Å². The predicted octanol–water partition coefficient (Wildman–Crippen LogP) is 4.43. The van der Waals surface area contributed by atoms with Crippen LogP contribution in [0.5, 0.6) is 11.5 Å². The van der Waals surface area contributed by atoms with Crippen molar-refractivity contribution >= 4 is 11.6 Å². The highest BCUT2D eigenvalue weighted by Crippen LogP contribution is 2.23. The Kier molecular flexibility index (Phi) is 6.77. The summed E-state index contributed by atoms with van der Waals surface area (Å²) in [6.45, 7) is 2.75. The van der Waals surface area contributed by atoms with Crippen LogP contribution in [0.15, 0.2) is 91.5 Å². The molecule has 4 aromatic rings. The Balaban J connectivity index is 1.29. The zero-order chi connectivity index (χ0) is 22.2. The lowest BCUT2D eigenvalue weighted by Crippen LogP contribution is -2.30. The van der Waals surface area contributed by atoms with Crippen molar-refractivity contribution in [2.75, 3.05) is 11.9 Å². The molecule has 0 aliphatic heterocycles. The largest absolute Gasteiger partial charge is 0.492 e. The van der Waals surface area contributed by atoms with Crippen LogP contribution in [0.4, 0.5) is 5.69 Å². The topological polar surface area (TPSA) is 78.3 Å². The van der Waals surface area contributed by atoms with E-state index >= 15 is 0 Å². The predicted molar refractivity (Wildman–Crippen MR) is 123 cm³/mol. The first-order chi connectivity index (χ1) is 15.7. The third kappa shape index (κ3) is 5.72. The van der Waals surface area contributed by atoms with Crippen LogP contribution in [0, 0.1) is 0 Å². The Morgan fingerprint density at radius 3 is 2.50 bits per heavy atom. The molecular formula is C25H24N4O3. The molecule has 3 aromatic carbocycles. The smallest absolute Gasteiger partial charge is 0.265 e. The molecule has 0 fully saturated rings. The van der Waals surface area contributed by atoms with Crippen LogP contribution in [-0.4, -0.2) is 33.4 Å². The molecule has 1 aromatic heterocycles. The van der Waals surface area contributed by atoms with Crippen LogP contribution in [-0.2, 0) is 11.3 Å². The first kappa shape index (κ1) is 21.1. The summed E-state index contributed by atoms with van der Waals surface area (Å²) in [5.41, 5.74) is 2.87. The van der Waals surface area contributed by atoms with E-state index in [1.807, 2.05) is 60.7 Å². The number of amides is 1. The summed E-state index contributed by atoms with van der Waals surface area (Å²) in [7, 11) is 0. The number of nitrogens with zero attached hydrogens (tertiary/aromatic N) is 3. The number of aromatic nitrogens is 3. The number of benzene rings is 3. The minimum absolute atomic E-state index is 0.239. The summed E-state index contributed by atoms with van der Waals surface area (Å²) in [6.07, 6.45) is 2.46. The van der Waals surface area contributed by atoms with Gasteiger partial charge in [-0.2, -0.15) is 5.10 Å². The maximum Gasteiger partial charge on any atom is 0.265 e. The number of ether oxygens (including phenoxy) is 2. The van der Waals surface area contributed by atoms with E-state index in [1.165, 1.54) is 6.33 Å². The summed E-state index contributed by atoms with van der Waals surface area (Å²) >= 11 is 0. The summed E-state index contributed by atoms with van der Waals surface area (Å²) in [4.78, 5) is 16.5. The normalized spacial score (nSPS) is 11.5.